The first-order chi connectivity index (χ1) is 7.56. The molecule has 16 heavy (non-hydrogen) atoms. The number of aliphatic hydroxyl groups excluding tert-OH is 2. The average Bonchev–Trinajstić information content (AvgIpc) is 2.24. The Bertz CT molecular complexity index is 228. The van der Waals surface area contributed by atoms with Crippen LogP contribution >= 0.6 is 0 Å². The highest BCUT2D eigenvalue weighted by Crippen LogP contribution is 1.94. The van der Waals surface area contributed by atoms with E-state index in [0.717, 1.165) is 0 Å². The summed E-state index contributed by atoms with van der Waals surface area (Å²) in [6.45, 7) is 1.56. The van der Waals surface area contributed by atoms with Gasteiger partial charge in [0.1, 0.15) is 0 Å². The van der Waals surface area contributed by atoms with Crippen molar-refractivity contribution in [1.82, 2.24) is 10.2 Å². The third-order valence-electron chi connectivity index (χ3n) is 1.93. The predicted molar refractivity (Wildman–Crippen MR) is 56.0 cm³/mol. The molecule has 0 aromatic carbocycles. The molecular weight excluding hydrogens is 216 g/mol. The summed E-state index contributed by atoms with van der Waals surface area (Å²) in [5.74, 6) is -1.30. The lowest BCUT2D eigenvalue weighted by atomic mass is 10.3. The number of nitrogens with zero attached hydrogens (tertiary/aromatic N) is 1. The molecule has 0 saturated heterocycles. The maximum Gasteiger partial charge on any atom is 0.328 e. The molecule has 0 unspecified atom stereocenters. The van der Waals surface area contributed by atoms with Crippen molar-refractivity contribution in [1.29, 1.82) is 0 Å². The molecule has 0 spiro atoms. The number of rotatable bonds is 7. The largest absolute Gasteiger partial charge is 0.480 e. The van der Waals surface area contributed by atoms with Crippen LogP contribution in [-0.4, -0.2) is 64.6 Å². The SMILES string of the molecule is CCCN(CCO)C(=O)N[C@H](CO)C(=O)O. The summed E-state index contributed by atoms with van der Waals surface area (Å²) in [6, 6.07) is -1.91. The van der Waals surface area contributed by atoms with Crippen molar-refractivity contribution in [2.75, 3.05) is 26.3 Å². The molecule has 0 fully saturated rings. The van der Waals surface area contributed by atoms with Crippen molar-refractivity contribution >= 4 is 12.0 Å². The Morgan fingerprint density at radius 2 is 1.94 bits per heavy atom. The highest BCUT2D eigenvalue weighted by atomic mass is 16.4. The monoisotopic (exact) mass is 234 g/mol. The summed E-state index contributed by atoms with van der Waals surface area (Å²) >= 11 is 0. The fraction of sp³-hybridized carbons (Fsp3) is 0.778. The molecule has 7 nitrogen and oxygen atoms in total. The van der Waals surface area contributed by atoms with Gasteiger partial charge in [0.2, 0.25) is 0 Å². The van der Waals surface area contributed by atoms with Gasteiger partial charge in [-0.1, -0.05) is 6.92 Å². The fourth-order valence-corrected chi connectivity index (χ4v) is 1.13. The van der Waals surface area contributed by atoms with Crippen LogP contribution in [0.1, 0.15) is 13.3 Å². The number of carbonyl (C=O) groups excluding carboxylic acids is 1. The first-order valence-corrected chi connectivity index (χ1v) is 5.06. The minimum absolute atomic E-state index is 0.136. The molecule has 0 bridgehead atoms. The summed E-state index contributed by atoms with van der Waals surface area (Å²) in [7, 11) is 0. The summed E-state index contributed by atoms with van der Waals surface area (Å²) in [6.07, 6.45) is 0.699. The topological polar surface area (TPSA) is 110 Å². The predicted octanol–water partition coefficient (Wildman–Crippen LogP) is -1.15. The number of carbonyl (C=O) groups is 2. The number of nitrogens with one attached hydrogen (secondary N) is 1. The Balaban J connectivity index is 4.32. The van der Waals surface area contributed by atoms with E-state index in [2.05, 4.69) is 5.32 Å². The molecule has 0 radical (unpaired) electrons. The molecule has 4 N–H and O–H groups in total. The lowest BCUT2D eigenvalue weighted by molar-refractivity contribution is -0.140. The molecular formula is C9H18N2O5. The standard InChI is InChI=1S/C9H18N2O5/c1-2-3-11(4-5-12)9(16)10-7(6-13)8(14)15/h7,12-13H,2-6H2,1H3,(H,10,16)(H,14,15)/t7-/m1/s1. The molecule has 94 valence electrons. The maximum atomic E-state index is 11.5. The number of aliphatic hydroxyl groups is 2. The number of hydrogen-bond donors (Lipinski definition) is 4. The molecule has 0 aliphatic rings. The summed E-state index contributed by atoms with van der Waals surface area (Å²) in [4.78, 5) is 23.4. The van der Waals surface area contributed by atoms with Crippen molar-refractivity contribution in [2.24, 2.45) is 0 Å². The zero-order valence-corrected chi connectivity index (χ0v) is 9.22. The first-order valence-electron chi connectivity index (χ1n) is 5.06. The van der Waals surface area contributed by atoms with Gasteiger partial charge in [0.25, 0.3) is 0 Å². The van der Waals surface area contributed by atoms with E-state index in [1.165, 1.54) is 4.90 Å². The van der Waals surface area contributed by atoms with Crippen molar-refractivity contribution in [2.45, 2.75) is 19.4 Å². The number of aliphatic carboxylic acids is 1. The lowest BCUT2D eigenvalue weighted by Crippen LogP contribution is -2.50. The van der Waals surface area contributed by atoms with Crippen LogP contribution in [0.3, 0.4) is 0 Å². The van der Waals surface area contributed by atoms with Crippen LogP contribution < -0.4 is 5.32 Å². The normalized spacial score (nSPS) is 11.9. The van der Waals surface area contributed by atoms with Crippen LogP contribution in [0.5, 0.6) is 0 Å². The Morgan fingerprint density at radius 3 is 2.31 bits per heavy atom. The van der Waals surface area contributed by atoms with Gasteiger partial charge >= 0.3 is 12.0 Å². The zero-order valence-electron chi connectivity index (χ0n) is 9.22. The van der Waals surface area contributed by atoms with E-state index in [0.29, 0.717) is 13.0 Å². The molecule has 0 aliphatic carbocycles. The average molecular weight is 234 g/mol. The molecule has 7 heteroatoms. The summed E-state index contributed by atoms with van der Waals surface area (Å²) < 4.78 is 0. The number of urea groups is 1. The van der Waals surface area contributed by atoms with Crippen LogP contribution in [0, 0.1) is 0 Å². The second-order valence-corrected chi connectivity index (χ2v) is 3.23. The van der Waals surface area contributed by atoms with Gasteiger partial charge in [-0.25, -0.2) is 9.59 Å². The van der Waals surface area contributed by atoms with E-state index in [4.69, 9.17) is 15.3 Å². The second-order valence-electron chi connectivity index (χ2n) is 3.23. The molecule has 2 amide bonds. The minimum atomic E-state index is -1.31. The summed E-state index contributed by atoms with van der Waals surface area (Å²) in [5.41, 5.74) is 0. The third-order valence-corrected chi connectivity index (χ3v) is 1.93. The van der Waals surface area contributed by atoms with Gasteiger partial charge in [-0.3, -0.25) is 0 Å². The van der Waals surface area contributed by atoms with E-state index < -0.39 is 24.6 Å². The zero-order chi connectivity index (χ0) is 12.6. The minimum Gasteiger partial charge on any atom is -0.480 e. The lowest BCUT2D eigenvalue weighted by Gasteiger charge is -2.23. The van der Waals surface area contributed by atoms with Crippen LogP contribution in [0.25, 0.3) is 0 Å². The van der Waals surface area contributed by atoms with Crippen molar-refractivity contribution in [3.05, 3.63) is 0 Å². The second kappa shape index (κ2) is 7.89. The number of carboxylic acid groups (broad SMARTS) is 1. The smallest absolute Gasteiger partial charge is 0.328 e. The van der Waals surface area contributed by atoms with E-state index in [-0.39, 0.29) is 13.2 Å². The molecule has 0 saturated carbocycles. The molecule has 0 aliphatic heterocycles. The van der Waals surface area contributed by atoms with E-state index >= 15 is 0 Å². The van der Waals surface area contributed by atoms with Crippen molar-refractivity contribution in [3.63, 3.8) is 0 Å². The molecule has 0 aromatic heterocycles. The Labute approximate surface area is 93.7 Å². The number of carboxylic acids is 1. The van der Waals surface area contributed by atoms with Crippen LogP contribution in [0.15, 0.2) is 0 Å². The number of hydrogen-bond acceptors (Lipinski definition) is 4. The number of amides is 2. The van der Waals surface area contributed by atoms with Crippen LogP contribution in [0.4, 0.5) is 4.79 Å². The van der Waals surface area contributed by atoms with E-state index in [1.807, 2.05) is 6.92 Å². The van der Waals surface area contributed by atoms with Gasteiger partial charge < -0.3 is 25.5 Å². The van der Waals surface area contributed by atoms with Gasteiger partial charge in [-0.15, -0.1) is 0 Å². The highest BCUT2D eigenvalue weighted by Gasteiger charge is 2.21. The molecule has 1 atom stereocenters. The highest BCUT2D eigenvalue weighted by molar-refractivity contribution is 5.82. The fourth-order valence-electron chi connectivity index (χ4n) is 1.13. The van der Waals surface area contributed by atoms with E-state index in [1.54, 1.807) is 0 Å². The Hall–Kier alpha value is -1.34. The van der Waals surface area contributed by atoms with Gasteiger partial charge in [0.05, 0.1) is 13.2 Å². The molecule has 0 aromatic rings. The van der Waals surface area contributed by atoms with Gasteiger partial charge in [0, 0.05) is 13.1 Å². The maximum absolute atomic E-state index is 11.5. The first kappa shape index (κ1) is 14.7. The molecule has 0 heterocycles. The van der Waals surface area contributed by atoms with Gasteiger partial charge in [-0.2, -0.15) is 0 Å². The van der Waals surface area contributed by atoms with E-state index in [9.17, 15) is 9.59 Å². The third kappa shape index (κ3) is 4.94. The van der Waals surface area contributed by atoms with Gasteiger partial charge in [-0.05, 0) is 6.42 Å². The van der Waals surface area contributed by atoms with Crippen molar-refractivity contribution < 1.29 is 24.9 Å². The Morgan fingerprint density at radius 1 is 1.31 bits per heavy atom. The quantitative estimate of drug-likeness (QED) is 0.444. The summed E-state index contributed by atoms with van der Waals surface area (Å²) in [5, 5.41) is 28.2. The van der Waals surface area contributed by atoms with Crippen LogP contribution in [-0.2, 0) is 4.79 Å². The Kier molecular flexibility index (Phi) is 7.23. The van der Waals surface area contributed by atoms with Crippen molar-refractivity contribution in [3.8, 4) is 0 Å². The van der Waals surface area contributed by atoms with Crippen LogP contribution in [0.2, 0.25) is 0 Å². The molecule has 0 rings (SSSR count). The van der Waals surface area contributed by atoms with Gasteiger partial charge in [0.15, 0.2) is 6.04 Å².